The molecule has 1 aromatic heterocycles. The van der Waals surface area contributed by atoms with Crippen LogP contribution in [0.4, 0.5) is 0 Å². The Hall–Kier alpha value is -1.18. The van der Waals surface area contributed by atoms with Gasteiger partial charge in [0.05, 0.1) is 0 Å². The predicted molar refractivity (Wildman–Crippen MR) is 59.5 cm³/mol. The molecular formula is C13H17NO. The summed E-state index contributed by atoms with van der Waals surface area (Å²) in [5, 5.41) is 0. The zero-order valence-electron chi connectivity index (χ0n) is 8.98. The lowest BCUT2D eigenvalue weighted by Gasteiger charge is -2.19. The van der Waals surface area contributed by atoms with E-state index < -0.39 is 0 Å². The summed E-state index contributed by atoms with van der Waals surface area (Å²) in [5.41, 5.74) is 0.910. The third-order valence-corrected chi connectivity index (χ3v) is 3.14. The lowest BCUT2D eigenvalue weighted by atomic mass is 9.85. The van der Waals surface area contributed by atoms with E-state index in [9.17, 15) is 4.79 Å². The molecule has 1 aromatic rings. The molecule has 0 unspecified atom stereocenters. The van der Waals surface area contributed by atoms with Gasteiger partial charge in [0.25, 0.3) is 0 Å². The lowest BCUT2D eigenvalue weighted by molar-refractivity contribution is -0.123. The van der Waals surface area contributed by atoms with Crippen LogP contribution >= 0.6 is 0 Å². The number of pyridine rings is 1. The van der Waals surface area contributed by atoms with Gasteiger partial charge in [-0.25, -0.2) is 0 Å². The molecule has 0 radical (unpaired) electrons. The van der Waals surface area contributed by atoms with E-state index in [2.05, 4.69) is 4.98 Å². The quantitative estimate of drug-likeness (QED) is 0.756. The van der Waals surface area contributed by atoms with Crippen molar-refractivity contribution in [2.45, 2.75) is 38.5 Å². The van der Waals surface area contributed by atoms with Gasteiger partial charge in [-0.15, -0.1) is 0 Å². The Balaban J connectivity index is 1.91. The maximum absolute atomic E-state index is 11.9. The van der Waals surface area contributed by atoms with E-state index in [1.807, 2.05) is 18.2 Å². The standard InChI is InChI=1S/C13H17NO/c15-13(11-6-2-1-3-7-11)10-12-8-4-5-9-14-12/h4-5,8-9,11H,1-3,6-7,10H2. The van der Waals surface area contributed by atoms with Crippen LogP contribution in [-0.4, -0.2) is 10.8 Å². The van der Waals surface area contributed by atoms with Gasteiger partial charge in [0.2, 0.25) is 0 Å². The zero-order valence-corrected chi connectivity index (χ0v) is 8.98. The van der Waals surface area contributed by atoms with Crippen molar-refractivity contribution in [3.05, 3.63) is 30.1 Å². The molecule has 0 spiro atoms. The van der Waals surface area contributed by atoms with Gasteiger partial charge in [0, 0.05) is 24.2 Å². The van der Waals surface area contributed by atoms with E-state index in [0.29, 0.717) is 18.1 Å². The van der Waals surface area contributed by atoms with Gasteiger partial charge < -0.3 is 0 Å². The summed E-state index contributed by atoms with van der Waals surface area (Å²) in [4.78, 5) is 16.1. The molecule has 0 amide bonds. The van der Waals surface area contributed by atoms with Gasteiger partial charge in [-0.05, 0) is 25.0 Å². The predicted octanol–water partition coefficient (Wildman–Crippen LogP) is 2.77. The molecule has 1 fully saturated rings. The van der Waals surface area contributed by atoms with Crippen LogP contribution in [0.15, 0.2) is 24.4 Å². The molecule has 0 aromatic carbocycles. The first-order chi connectivity index (χ1) is 7.36. The normalized spacial score (nSPS) is 17.6. The van der Waals surface area contributed by atoms with Gasteiger partial charge in [-0.1, -0.05) is 25.3 Å². The monoisotopic (exact) mass is 203 g/mol. The summed E-state index contributed by atoms with van der Waals surface area (Å²) >= 11 is 0. The fraction of sp³-hybridized carbons (Fsp3) is 0.538. The topological polar surface area (TPSA) is 30.0 Å². The second-order valence-corrected chi connectivity index (χ2v) is 4.30. The molecule has 15 heavy (non-hydrogen) atoms. The average Bonchev–Trinajstić information content (AvgIpc) is 2.31. The van der Waals surface area contributed by atoms with Crippen molar-refractivity contribution >= 4 is 5.78 Å². The number of hydrogen-bond donors (Lipinski definition) is 0. The van der Waals surface area contributed by atoms with E-state index >= 15 is 0 Å². The minimum atomic E-state index is 0.306. The van der Waals surface area contributed by atoms with Crippen molar-refractivity contribution in [2.75, 3.05) is 0 Å². The van der Waals surface area contributed by atoms with Gasteiger partial charge >= 0.3 is 0 Å². The van der Waals surface area contributed by atoms with E-state index in [1.54, 1.807) is 6.20 Å². The van der Waals surface area contributed by atoms with E-state index in [0.717, 1.165) is 18.5 Å². The maximum atomic E-state index is 11.9. The Morgan fingerprint density at radius 1 is 1.27 bits per heavy atom. The smallest absolute Gasteiger partial charge is 0.141 e. The van der Waals surface area contributed by atoms with Crippen molar-refractivity contribution in [2.24, 2.45) is 5.92 Å². The molecule has 2 nitrogen and oxygen atoms in total. The van der Waals surface area contributed by atoms with Crippen LogP contribution < -0.4 is 0 Å². The summed E-state index contributed by atoms with van der Waals surface area (Å²) in [6.45, 7) is 0. The van der Waals surface area contributed by atoms with E-state index in [-0.39, 0.29) is 0 Å². The van der Waals surface area contributed by atoms with Crippen LogP contribution in [0.5, 0.6) is 0 Å². The highest BCUT2D eigenvalue weighted by Gasteiger charge is 2.21. The molecule has 2 rings (SSSR count). The molecule has 0 atom stereocenters. The Morgan fingerprint density at radius 2 is 2.07 bits per heavy atom. The van der Waals surface area contributed by atoms with Crippen molar-refractivity contribution in [1.82, 2.24) is 4.98 Å². The van der Waals surface area contributed by atoms with Gasteiger partial charge in [-0.3, -0.25) is 9.78 Å². The number of aromatic nitrogens is 1. The molecule has 1 aliphatic rings. The third kappa shape index (κ3) is 2.88. The minimum Gasteiger partial charge on any atom is -0.299 e. The fourth-order valence-electron chi connectivity index (χ4n) is 2.25. The largest absolute Gasteiger partial charge is 0.299 e. The Labute approximate surface area is 90.7 Å². The molecule has 0 N–H and O–H groups in total. The second kappa shape index (κ2) is 5.06. The summed E-state index contributed by atoms with van der Waals surface area (Å²) in [6, 6.07) is 5.76. The van der Waals surface area contributed by atoms with Crippen molar-refractivity contribution in [3.8, 4) is 0 Å². The van der Waals surface area contributed by atoms with Crippen molar-refractivity contribution < 1.29 is 4.79 Å². The number of rotatable bonds is 3. The molecule has 1 saturated carbocycles. The zero-order chi connectivity index (χ0) is 10.5. The van der Waals surface area contributed by atoms with E-state index in [4.69, 9.17) is 0 Å². The number of ketones is 1. The van der Waals surface area contributed by atoms with Crippen molar-refractivity contribution in [3.63, 3.8) is 0 Å². The molecule has 0 aliphatic heterocycles. The Bertz CT molecular complexity index is 315. The first-order valence-electron chi connectivity index (χ1n) is 5.79. The first kappa shape index (κ1) is 10.3. The van der Waals surface area contributed by atoms with Crippen LogP contribution in [0.2, 0.25) is 0 Å². The van der Waals surface area contributed by atoms with E-state index in [1.165, 1.54) is 19.3 Å². The van der Waals surface area contributed by atoms with Crippen LogP contribution in [0.3, 0.4) is 0 Å². The number of nitrogens with zero attached hydrogens (tertiary/aromatic N) is 1. The molecule has 0 saturated heterocycles. The number of carbonyl (C=O) groups is 1. The number of Topliss-reactive ketones (excluding diaryl/α,β-unsaturated/α-hetero) is 1. The van der Waals surface area contributed by atoms with Gasteiger partial charge in [0.1, 0.15) is 5.78 Å². The Morgan fingerprint density at radius 3 is 2.73 bits per heavy atom. The highest BCUT2D eigenvalue weighted by Crippen LogP contribution is 2.25. The van der Waals surface area contributed by atoms with Crippen LogP contribution in [0, 0.1) is 5.92 Å². The average molecular weight is 203 g/mol. The molecule has 80 valence electrons. The second-order valence-electron chi connectivity index (χ2n) is 4.30. The van der Waals surface area contributed by atoms with Gasteiger partial charge in [0.15, 0.2) is 0 Å². The van der Waals surface area contributed by atoms with Crippen LogP contribution in [0.1, 0.15) is 37.8 Å². The molecule has 2 heteroatoms. The number of carbonyl (C=O) groups excluding carboxylic acids is 1. The van der Waals surface area contributed by atoms with Crippen LogP contribution in [0.25, 0.3) is 0 Å². The highest BCUT2D eigenvalue weighted by molar-refractivity contribution is 5.82. The molecule has 0 bridgehead atoms. The summed E-state index contributed by atoms with van der Waals surface area (Å²) < 4.78 is 0. The fourth-order valence-corrected chi connectivity index (χ4v) is 2.25. The summed E-state index contributed by atoms with van der Waals surface area (Å²) in [5.74, 6) is 0.689. The minimum absolute atomic E-state index is 0.306. The molecule has 1 heterocycles. The van der Waals surface area contributed by atoms with Crippen LogP contribution in [-0.2, 0) is 11.2 Å². The SMILES string of the molecule is O=C(Cc1ccccn1)C1CCCCC1. The van der Waals surface area contributed by atoms with Crippen molar-refractivity contribution in [1.29, 1.82) is 0 Å². The molecular weight excluding hydrogens is 186 g/mol. The first-order valence-corrected chi connectivity index (χ1v) is 5.79. The third-order valence-electron chi connectivity index (χ3n) is 3.14. The van der Waals surface area contributed by atoms with Gasteiger partial charge in [-0.2, -0.15) is 0 Å². The molecule has 1 aliphatic carbocycles. The summed E-state index contributed by atoms with van der Waals surface area (Å²) in [6.07, 6.45) is 8.19. The Kier molecular flexibility index (Phi) is 3.49. The lowest BCUT2D eigenvalue weighted by Crippen LogP contribution is -2.19. The highest BCUT2D eigenvalue weighted by atomic mass is 16.1. The maximum Gasteiger partial charge on any atom is 0.141 e. The number of hydrogen-bond acceptors (Lipinski definition) is 2. The summed E-state index contributed by atoms with van der Waals surface area (Å²) in [7, 11) is 0.